The van der Waals surface area contributed by atoms with E-state index in [0.29, 0.717) is 6.54 Å². The topological polar surface area (TPSA) is 79.9 Å². The molecule has 0 saturated heterocycles. The zero-order chi connectivity index (χ0) is 21.7. The molecule has 0 aliphatic rings. The number of nitriles is 1. The van der Waals surface area contributed by atoms with Crippen LogP contribution in [0.25, 0.3) is 11.8 Å². The zero-order valence-electron chi connectivity index (χ0n) is 17.5. The Morgan fingerprint density at radius 2 is 2.07 bits per heavy atom. The van der Waals surface area contributed by atoms with Crippen molar-refractivity contribution in [3.8, 4) is 17.5 Å². The van der Waals surface area contributed by atoms with Crippen molar-refractivity contribution in [1.82, 2.24) is 14.9 Å². The van der Waals surface area contributed by atoms with Crippen LogP contribution >= 0.6 is 11.3 Å². The SMILES string of the molecule is CCc1nc(CNC(=O)C(C#N)=Cc2cc(C)n(-c3ccc(OC)cc3)c2C)cs1. The van der Waals surface area contributed by atoms with Crippen molar-refractivity contribution in [2.45, 2.75) is 33.7 Å². The fourth-order valence-electron chi connectivity index (χ4n) is 3.23. The highest BCUT2D eigenvalue weighted by Gasteiger charge is 2.14. The van der Waals surface area contributed by atoms with Gasteiger partial charge in [-0.3, -0.25) is 4.79 Å². The molecular formula is C23H24N4O2S. The first-order valence-corrected chi connectivity index (χ1v) is 10.5. The standard InChI is InChI=1S/C23H24N4O2S/c1-5-22-26-19(14-30-22)13-25-23(28)18(12-24)11-17-10-15(2)27(16(17)3)20-6-8-21(29-4)9-7-20/h6-11,14H,5,13H2,1-4H3,(H,25,28). The van der Waals surface area contributed by atoms with Gasteiger partial charge in [0.05, 0.1) is 24.4 Å². The van der Waals surface area contributed by atoms with Gasteiger partial charge in [-0.05, 0) is 62.2 Å². The second kappa shape index (κ2) is 9.42. The van der Waals surface area contributed by atoms with Crippen LogP contribution in [0.4, 0.5) is 0 Å². The number of carbonyl (C=O) groups is 1. The van der Waals surface area contributed by atoms with E-state index in [1.807, 2.05) is 62.6 Å². The summed E-state index contributed by atoms with van der Waals surface area (Å²) in [6, 6.07) is 11.7. The first-order valence-electron chi connectivity index (χ1n) is 9.63. The number of amides is 1. The number of nitrogens with one attached hydrogen (secondary N) is 1. The van der Waals surface area contributed by atoms with Gasteiger partial charge in [0.25, 0.3) is 5.91 Å². The molecule has 1 N–H and O–H groups in total. The highest BCUT2D eigenvalue weighted by molar-refractivity contribution is 7.09. The predicted molar refractivity (Wildman–Crippen MR) is 119 cm³/mol. The number of benzene rings is 1. The van der Waals surface area contributed by atoms with Gasteiger partial charge in [0.2, 0.25) is 0 Å². The summed E-state index contributed by atoms with van der Waals surface area (Å²) in [4.78, 5) is 17.0. The predicted octanol–water partition coefficient (Wildman–Crippen LogP) is 4.35. The first kappa shape index (κ1) is 21.3. The number of aryl methyl sites for hydroxylation is 2. The van der Waals surface area contributed by atoms with Crippen molar-refractivity contribution in [3.63, 3.8) is 0 Å². The summed E-state index contributed by atoms with van der Waals surface area (Å²) in [5, 5.41) is 15.3. The van der Waals surface area contributed by atoms with Gasteiger partial charge in [0, 0.05) is 22.5 Å². The van der Waals surface area contributed by atoms with Crippen LogP contribution in [-0.4, -0.2) is 22.6 Å². The fraction of sp³-hybridized carbons (Fsp3) is 0.261. The van der Waals surface area contributed by atoms with Gasteiger partial charge in [-0.15, -0.1) is 11.3 Å². The van der Waals surface area contributed by atoms with Gasteiger partial charge >= 0.3 is 0 Å². The lowest BCUT2D eigenvalue weighted by molar-refractivity contribution is -0.117. The quantitative estimate of drug-likeness (QED) is 0.455. The molecule has 0 fully saturated rings. The molecule has 7 heteroatoms. The van der Waals surface area contributed by atoms with E-state index in [-0.39, 0.29) is 5.57 Å². The molecule has 1 aromatic carbocycles. The van der Waals surface area contributed by atoms with Crippen molar-refractivity contribution >= 4 is 23.3 Å². The lowest BCUT2D eigenvalue weighted by atomic mass is 10.1. The molecule has 154 valence electrons. The van der Waals surface area contributed by atoms with Gasteiger partial charge in [-0.2, -0.15) is 5.26 Å². The third-order valence-electron chi connectivity index (χ3n) is 4.80. The van der Waals surface area contributed by atoms with Gasteiger partial charge in [0.15, 0.2) is 0 Å². The van der Waals surface area contributed by atoms with E-state index in [0.717, 1.165) is 45.5 Å². The van der Waals surface area contributed by atoms with Gasteiger partial charge in [0.1, 0.15) is 17.4 Å². The number of hydrogen-bond donors (Lipinski definition) is 1. The summed E-state index contributed by atoms with van der Waals surface area (Å²) in [6.45, 7) is 6.31. The number of carbonyl (C=O) groups excluding carboxylic acids is 1. The molecule has 0 unspecified atom stereocenters. The maximum Gasteiger partial charge on any atom is 0.262 e. The second-order valence-corrected chi connectivity index (χ2v) is 7.74. The van der Waals surface area contributed by atoms with Crippen LogP contribution in [0.5, 0.6) is 5.75 Å². The maximum absolute atomic E-state index is 12.5. The highest BCUT2D eigenvalue weighted by atomic mass is 32.1. The van der Waals surface area contributed by atoms with E-state index >= 15 is 0 Å². The Morgan fingerprint density at radius 1 is 1.33 bits per heavy atom. The molecular weight excluding hydrogens is 396 g/mol. The number of ether oxygens (including phenoxy) is 1. The lowest BCUT2D eigenvalue weighted by Gasteiger charge is -2.10. The minimum absolute atomic E-state index is 0.0657. The van der Waals surface area contributed by atoms with Crippen LogP contribution in [0.3, 0.4) is 0 Å². The third kappa shape index (κ3) is 4.61. The molecule has 0 saturated carbocycles. The Labute approximate surface area is 180 Å². The Morgan fingerprint density at radius 3 is 2.67 bits per heavy atom. The molecule has 0 bridgehead atoms. The van der Waals surface area contributed by atoms with Gasteiger partial charge < -0.3 is 14.6 Å². The lowest BCUT2D eigenvalue weighted by Crippen LogP contribution is -2.24. The molecule has 0 atom stereocenters. The number of nitrogens with zero attached hydrogens (tertiary/aromatic N) is 3. The molecule has 0 aliphatic carbocycles. The number of methoxy groups -OCH3 is 1. The molecule has 1 amide bonds. The van der Waals surface area contributed by atoms with Crippen LogP contribution in [-0.2, 0) is 17.8 Å². The van der Waals surface area contributed by atoms with Crippen molar-refractivity contribution in [2.24, 2.45) is 0 Å². The van der Waals surface area contributed by atoms with E-state index in [1.54, 1.807) is 24.5 Å². The van der Waals surface area contributed by atoms with E-state index in [4.69, 9.17) is 4.74 Å². The average molecular weight is 421 g/mol. The normalized spacial score (nSPS) is 11.2. The highest BCUT2D eigenvalue weighted by Crippen LogP contribution is 2.24. The number of aromatic nitrogens is 2. The van der Waals surface area contributed by atoms with Crippen molar-refractivity contribution < 1.29 is 9.53 Å². The third-order valence-corrected chi connectivity index (χ3v) is 5.84. The smallest absolute Gasteiger partial charge is 0.262 e. The summed E-state index contributed by atoms with van der Waals surface area (Å²) < 4.78 is 7.31. The molecule has 3 rings (SSSR count). The summed E-state index contributed by atoms with van der Waals surface area (Å²) in [7, 11) is 1.63. The number of rotatable bonds is 7. The fourth-order valence-corrected chi connectivity index (χ4v) is 3.97. The van der Waals surface area contributed by atoms with E-state index < -0.39 is 5.91 Å². The molecule has 30 heavy (non-hydrogen) atoms. The van der Waals surface area contributed by atoms with Crippen molar-refractivity contribution in [2.75, 3.05) is 7.11 Å². The Hall–Kier alpha value is -3.37. The van der Waals surface area contributed by atoms with Gasteiger partial charge in [-0.25, -0.2) is 4.98 Å². The van der Waals surface area contributed by atoms with Crippen LogP contribution in [0.15, 0.2) is 41.3 Å². The monoisotopic (exact) mass is 420 g/mol. The molecule has 2 heterocycles. The average Bonchev–Trinajstić information content (AvgIpc) is 3.34. The van der Waals surface area contributed by atoms with Crippen molar-refractivity contribution in [1.29, 1.82) is 5.26 Å². The summed E-state index contributed by atoms with van der Waals surface area (Å²) in [6.07, 6.45) is 2.50. The van der Waals surface area contributed by atoms with Crippen LogP contribution in [0.1, 0.15) is 34.6 Å². The Balaban J connectivity index is 1.81. The molecule has 0 radical (unpaired) electrons. The molecule has 6 nitrogen and oxygen atoms in total. The van der Waals surface area contributed by atoms with E-state index in [2.05, 4.69) is 14.9 Å². The van der Waals surface area contributed by atoms with Crippen LogP contribution < -0.4 is 10.1 Å². The summed E-state index contributed by atoms with van der Waals surface area (Å²) in [5.74, 6) is 0.383. The second-order valence-electron chi connectivity index (χ2n) is 6.80. The Kier molecular flexibility index (Phi) is 6.70. The summed E-state index contributed by atoms with van der Waals surface area (Å²) in [5.41, 5.74) is 4.65. The minimum atomic E-state index is -0.405. The van der Waals surface area contributed by atoms with Crippen molar-refractivity contribution in [3.05, 3.63) is 68.9 Å². The molecule has 0 spiro atoms. The number of hydrogen-bond acceptors (Lipinski definition) is 5. The largest absolute Gasteiger partial charge is 0.497 e. The Bertz CT molecular complexity index is 1120. The van der Waals surface area contributed by atoms with Crippen LogP contribution in [0, 0.1) is 25.2 Å². The van der Waals surface area contributed by atoms with Gasteiger partial charge in [-0.1, -0.05) is 6.92 Å². The first-order chi connectivity index (χ1) is 14.5. The molecule has 2 aromatic heterocycles. The van der Waals surface area contributed by atoms with E-state index in [9.17, 15) is 10.1 Å². The minimum Gasteiger partial charge on any atom is -0.497 e. The van der Waals surface area contributed by atoms with E-state index in [1.165, 1.54) is 0 Å². The summed E-state index contributed by atoms with van der Waals surface area (Å²) >= 11 is 1.57. The molecule has 0 aliphatic heterocycles. The number of thiazole rings is 1. The van der Waals surface area contributed by atoms with Crippen LogP contribution in [0.2, 0.25) is 0 Å². The molecule has 3 aromatic rings. The zero-order valence-corrected chi connectivity index (χ0v) is 18.3. The maximum atomic E-state index is 12.5.